The number of hydrogen-bond acceptors (Lipinski definition) is 9. The third kappa shape index (κ3) is 33.2. The van der Waals surface area contributed by atoms with E-state index >= 15 is 0 Å². The van der Waals surface area contributed by atoms with Gasteiger partial charge in [-0.1, -0.05) is 135 Å². The van der Waals surface area contributed by atoms with E-state index in [4.69, 9.17) is 19.1 Å². The quantitative estimate of drug-likeness (QED) is 0.0249. The lowest BCUT2D eigenvalue weighted by Gasteiger charge is -2.20. The van der Waals surface area contributed by atoms with Gasteiger partial charge in [0, 0.05) is 12.8 Å². The number of unbranched alkanes of at least 4 members (excludes halogenated alkanes) is 20. The Labute approximate surface area is 292 Å². The minimum atomic E-state index is -4.60. The van der Waals surface area contributed by atoms with Crippen LogP contribution in [0.4, 0.5) is 0 Å². The summed E-state index contributed by atoms with van der Waals surface area (Å²) in [5.41, 5.74) is 0. The van der Waals surface area contributed by atoms with E-state index in [9.17, 15) is 24.2 Å². The number of allylic oxidation sites excluding steroid dienone is 2. The molecule has 0 aromatic heterocycles. The number of aliphatic hydroxyl groups is 2. The van der Waals surface area contributed by atoms with Gasteiger partial charge in [0.15, 0.2) is 6.10 Å². The van der Waals surface area contributed by atoms with Gasteiger partial charge in [-0.25, -0.2) is 4.57 Å². The standard InChI is InChI=1S/C37H71O10P/c1-3-5-7-9-11-13-15-17-19-20-22-24-26-28-36(40)44-32-35(33-46-48(42,43)45-31-34(39)30-38)47-37(41)29-27-25-23-21-18-16-14-12-10-8-6-4-2/h13,15,34-35,38-39H,3-12,14,16-33H2,1-2H3,(H,42,43)/b15-13-/t34-,35+/m0/s1. The molecule has 1 unspecified atom stereocenters. The molecule has 0 heterocycles. The summed E-state index contributed by atoms with van der Waals surface area (Å²) in [5, 5.41) is 18.3. The van der Waals surface area contributed by atoms with E-state index in [1.807, 2.05) is 0 Å². The third-order valence-corrected chi connectivity index (χ3v) is 9.12. The summed E-state index contributed by atoms with van der Waals surface area (Å²) in [6, 6.07) is 0. The van der Waals surface area contributed by atoms with Crippen LogP contribution in [0.15, 0.2) is 12.2 Å². The summed E-state index contributed by atoms with van der Waals surface area (Å²) < 4.78 is 32.5. The first-order valence-corrected chi connectivity index (χ1v) is 20.6. The van der Waals surface area contributed by atoms with Crippen molar-refractivity contribution in [3.63, 3.8) is 0 Å². The molecular formula is C37H71O10P. The Bertz CT molecular complexity index is 822. The molecule has 3 atom stereocenters. The Morgan fingerprint density at radius 1 is 0.604 bits per heavy atom. The highest BCUT2D eigenvalue weighted by atomic mass is 31.2. The molecule has 0 aromatic carbocycles. The first-order valence-electron chi connectivity index (χ1n) is 19.1. The molecule has 10 nitrogen and oxygen atoms in total. The summed E-state index contributed by atoms with van der Waals surface area (Å²) in [5.74, 6) is -0.931. The van der Waals surface area contributed by atoms with E-state index in [1.54, 1.807) is 0 Å². The number of carbonyl (C=O) groups is 2. The first-order chi connectivity index (χ1) is 23.2. The van der Waals surface area contributed by atoms with Gasteiger partial charge in [0.05, 0.1) is 19.8 Å². The van der Waals surface area contributed by atoms with Gasteiger partial charge in [0.25, 0.3) is 0 Å². The SMILES string of the molecule is CCCCCC/C=C\CCCCCCCC(=O)OC[C@H](COP(=O)(O)OC[C@@H](O)CO)OC(=O)CCCCCCCCCCCCCC. The van der Waals surface area contributed by atoms with Gasteiger partial charge < -0.3 is 24.6 Å². The Morgan fingerprint density at radius 2 is 1.02 bits per heavy atom. The van der Waals surface area contributed by atoms with Crippen LogP contribution in [-0.4, -0.2) is 65.7 Å². The molecule has 0 saturated carbocycles. The van der Waals surface area contributed by atoms with Crippen molar-refractivity contribution in [2.45, 2.75) is 187 Å². The van der Waals surface area contributed by atoms with Crippen molar-refractivity contribution in [1.82, 2.24) is 0 Å². The maximum atomic E-state index is 12.5. The van der Waals surface area contributed by atoms with Crippen LogP contribution in [0, 0.1) is 0 Å². The lowest BCUT2D eigenvalue weighted by Crippen LogP contribution is -2.29. The Hall–Kier alpha value is -1.29. The molecule has 0 spiro atoms. The van der Waals surface area contributed by atoms with Crippen LogP contribution in [0.25, 0.3) is 0 Å². The number of rotatable bonds is 36. The summed E-state index contributed by atoms with van der Waals surface area (Å²) in [6.07, 6.45) is 28.9. The number of hydrogen-bond donors (Lipinski definition) is 3. The van der Waals surface area contributed by atoms with Gasteiger partial charge in [-0.05, 0) is 38.5 Å². The second kappa shape index (κ2) is 34.2. The number of phosphoric ester groups is 1. The molecule has 0 saturated heterocycles. The van der Waals surface area contributed by atoms with Gasteiger partial charge in [0.2, 0.25) is 0 Å². The molecule has 0 aromatic rings. The fraction of sp³-hybridized carbons (Fsp3) is 0.892. The number of aliphatic hydroxyl groups excluding tert-OH is 2. The zero-order valence-corrected chi connectivity index (χ0v) is 31.4. The second-order valence-electron chi connectivity index (χ2n) is 13.0. The average molecular weight is 707 g/mol. The molecule has 0 rings (SSSR count). The van der Waals surface area contributed by atoms with Crippen LogP contribution >= 0.6 is 7.82 Å². The van der Waals surface area contributed by atoms with Gasteiger partial charge in [-0.15, -0.1) is 0 Å². The summed E-state index contributed by atoms with van der Waals surface area (Å²) in [4.78, 5) is 34.8. The number of phosphoric acid groups is 1. The van der Waals surface area contributed by atoms with Gasteiger partial charge in [0.1, 0.15) is 12.7 Å². The minimum absolute atomic E-state index is 0.187. The maximum absolute atomic E-state index is 12.5. The Morgan fingerprint density at radius 3 is 1.52 bits per heavy atom. The molecule has 284 valence electrons. The lowest BCUT2D eigenvalue weighted by molar-refractivity contribution is -0.161. The average Bonchev–Trinajstić information content (AvgIpc) is 3.07. The molecule has 0 aliphatic heterocycles. The first kappa shape index (κ1) is 46.7. The molecule has 0 aliphatic carbocycles. The van der Waals surface area contributed by atoms with Crippen molar-refractivity contribution < 1.29 is 47.8 Å². The highest BCUT2D eigenvalue weighted by Crippen LogP contribution is 2.43. The molecule has 48 heavy (non-hydrogen) atoms. The van der Waals surface area contributed by atoms with Crippen molar-refractivity contribution >= 4 is 19.8 Å². The van der Waals surface area contributed by atoms with Gasteiger partial charge >= 0.3 is 19.8 Å². The summed E-state index contributed by atoms with van der Waals surface area (Å²) >= 11 is 0. The van der Waals surface area contributed by atoms with Crippen LogP contribution in [-0.2, 0) is 32.7 Å². The molecule has 0 amide bonds. The summed E-state index contributed by atoms with van der Waals surface area (Å²) in [7, 11) is -4.60. The summed E-state index contributed by atoms with van der Waals surface area (Å²) in [6.45, 7) is 2.34. The minimum Gasteiger partial charge on any atom is -0.462 e. The number of carbonyl (C=O) groups excluding carboxylic acids is 2. The van der Waals surface area contributed by atoms with E-state index in [0.717, 1.165) is 57.8 Å². The normalized spacial score (nSPS) is 14.2. The topological polar surface area (TPSA) is 149 Å². The van der Waals surface area contributed by atoms with Crippen molar-refractivity contribution in [3.8, 4) is 0 Å². The van der Waals surface area contributed by atoms with Crippen molar-refractivity contribution in [2.75, 3.05) is 26.4 Å². The van der Waals surface area contributed by atoms with Crippen LogP contribution in [0.2, 0.25) is 0 Å². The fourth-order valence-electron chi connectivity index (χ4n) is 5.16. The monoisotopic (exact) mass is 706 g/mol. The third-order valence-electron chi connectivity index (χ3n) is 8.17. The van der Waals surface area contributed by atoms with E-state index in [0.29, 0.717) is 12.8 Å². The van der Waals surface area contributed by atoms with E-state index < -0.39 is 51.8 Å². The Balaban J connectivity index is 4.37. The molecular weight excluding hydrogens is 635 g/mol. The van der Waals surface area contributed by atoms with E-state index in [2.05, 4.69) is 30.5 Å². The number of ether oxygens (including phenoxy) is 2. The van der Waals surface area contributed by atoms with Crippen molar-refractivity contribution in [2.24, 2.45) is 0 Å². The Kier molecular flexibility index (Phi) is 33.3. The second-order valence-corrected chi connectivity index (χ2v) is 14.4. The maximum Gasteiger partial charge on any atom is 0.472 e. The molecule has 11 heteroatoms. The zero-order valence-electron chi connectivity index (χ0n) is 30.5. The highest BCUT2D eigenvalue weighted by Gasteiger charge is 2.27. The molecule has 0 radical (unpaired) electrons. The van der Waals surface area contributed by atoms with Crippen molar-refractivity contribution in [3.05, 3.63) is 12.2 Å². The van der Waals surface area contributed by atoms with Crippen LogP contribution in [0.3, 0.4) is 0 Å². The van der Waals surface area contributed by atoms with E-state index in [-0.39, 0.29) is 19.4 Å². The zero-order chi connectivity index (χ0) is 35.6. The van der Waals surface area contributed by atoms with E-state index in [1.165, 1.54) is 77.0 Å². The fourth-order valence-corrected chi connectivity index (χ4v) is 5.95. The van der Waals surface area contributed by atoms with Gasteiger partial charge in [-0.3, -0.25) is 18.6 Å². The smallest absolute Gasteiger partial charge is 0.462 e. The van der Waals surface area contributed by atoms with Crippen molar-refractivity contribution in [1.29, 1.82) is 0 Å². The van der Waals surface area contributed by atoms with Crippen LogP contribution in [0.1, 0.15) is 174 Å². The molecule has 3 N–H and O–H groups in total. The highest BCUT2D eigenvalue weighted by molar-refractivity contribution is 7.47. The largest absolute Gasteiger partial charge is 0.472 e. The van der Waals surface area contributed by atoms with Crippen LogP contribution in [0.5, 0.6) is 0 Å². The predicted octanol–water partition coefficient (Wildman–Crippen LogP) is 9.28. The van der Waals surface area contributed by atoms with Crippen LogP contribution < -0.4 is 0 Å². The number of esters is 2. The molecule has 0 bridgehead atoms. The molecule has 0 fully saturated rings. The molecule has 0 aliphatic rings. The predicted molar refractivity (Wildman–Crippen MR) is 192 cm³/mol. The van der Waals surface area contributed by atoms with Gasteiger partial charge in [-0.2, -0.15) is 0 Å². The lowest BCUT2D eigenvalue weighted by atomic mass is 10.0.